The lowest BCUT2D eigenvalue weighted by atomic mass is 10.1. The molecule has 20 heavy (non-hydrogen) atoms. The Bertz CT molecular complexity index is 576. The van der Waals surface area contributed by atoms with Gasteiger partial charge < -0.3 is 16.0 Å². The number of hydrogen-bond acceptors (Lipinski definition) is 6. The van der Waals surface area contributed by atoms with Gasteiger partial charge in [-0.3, -0.25) is 0 Å². The van der Waals surface area contributed by atoms with Crippen LogP contribution in [-0.2, 0) is 0 Å². The molecule has 1 saturated heterocycles. The number of hydrogen-bond donors (Lipinski definition) is 2. The van der Waals surface area contributed by atoms with Crippen LogP contribution in [0, 0.1) is 0 Å². The van der Waals surface area contributed by atoms with Crippen molar-refractivity contribution >= 4 is 33.3 Å². The van der Waals surface area contributed by atoms with Crippen molar-refractivity contribution in [2.45, 2.75) is 32.2 Å². The van der Waals surface area contributed by atoms with Gasteiger partial charge in [-0.25, -0.2) is 4.98 Å². The Morgan fingerprint density at radius 3 is 2.95 bits per heavy atom. The van der Waals surface area contributed by atoms with E-state index in [0.29, 0.717) is 12.0 Å². The van der Waals surface area contributed by atoms with E-state index < -0.39 is 0 Å². The number of rotatable bonds is 4. The summed E-state index contributed by atoms with van der Waals surface area (Å²) in [5.41, 5.74) is 5.78. The van der Waals surface area contributed by atoms with Crippen LogP contribution in [0.25, 0.3) is 10.2 Å². The van der Waals surface area contributed by atoms with Gasteiger partial charge in [0.15, 0.2) is 0 Å². The third-order valence-electron chi connectivity index (χ3n) is 3.71. The van der Waals surface area contributed by atoms with Crippen LogP contribution in [0.15, 0.2) is 11.4 Å². The van der Waals surface area contributed by atoms with Crippen LogP contribution in [0.2, 0.25) is 0 Å². The van der Waals surface area contributed by atoms with Crippen molar-refractivity contribution in [1.82, 2.24) is 14.9 Å². The summed E-state index contributed by atoms with van der Waals surface area (Å²) in [5.74, 6) is 1.20. The van der Waals surface area contributed by atoms with E-state index in [1.165, 1.54) is 32.4 Å². The predicted molar refractivity (Wildman–Crippen MR) is 85.2 cm³/mol. The Morgan fingerprint density at radius 1 is 1.35 bits per heavy atom. The van der Waals surface area contributed by atoms with Crippen molar-refractivity contribution in [2.75, 3.05) is 30.7 Å². The van der Waals surface area contributed by atoms with E-state index in [1.54, 1.807) is 11.3 Å². The maximum atomic E-state index is 5.78. The first-order valence-electron chi connectivity index (χ1n) is 7.22. The summed E-state index contributed by atoms with van der Waals surface area (Å²) >= 11 is 1.60. The summed E-state index contributed by atoms with van der Waals surface area (Å²) in [6.07, 6.45) is 4.01. The summed E-state index contributed by atoms with van der Waals surface area (Å²) in [4.78, 5) is 12.1. The fourth-order valence-corrected chi connectivity index (χ4v) is 3.56. The van der Waals surface area contributed by atoms with Gasteiger partial charge in [0.25, 0.3) is 0 Å². The SMILES string of the molecule is CC(CN1CCCCC1)Nc1nc(N)nc2sccc12. The van der Waals surface area contributed by atoms with Crippen molar-refractivity contribution in [1.29, 1.82) is 0 Å². The highest BCUT2D eigenvalue weighted by Crippen LogP contribution is 2.26. The minimum absolute atomic E-state index is 0.340. The molecule has 0 saturated carbocycles. The zero-order valence-corrected chi connectivity index (χ0v) is 12.6. The highest BCUT2D eigenvalue weighted by atomic mass is 32.1. The van der Waals surface area contributed by atoms with Gasteiger partial charge >= 0.3 is 0 Å². The Balaban J connectivity index is 1.70. The largest absolute Gasteiger partial charge is 0.368 e. The summed E-state index contributed by atoms with van der Waals surface area (Å²) in [7, 11) is 0. The van der Waals surface area contributed by atoms with Gasteiger partial charge in [-0.2, -0.15) is 4.98 Å². The van der Waals surface area contributed by atoms with E-state index in [9.17, 15) is 0 Å². The Morgan fingerprint density at radius 2 is 2.15 bits per heavy atom. The maximum Gasteiger partial charge on any atom is 0.223 e. The molecule has 0 amide bonds. The second-order valence-corrected chi connectivity index (χ2v) is 6.37. The quantitative estimate of drug-likeness (QED) is 0.906. The number of anilines is 2. The number of nitrogens with one attached hydrogen (secondary N) is 1. The predicted octanol–water partition coefficient (Wildman–Crippen LogP) is 2.56. The Hall–Kier alpha value is -1.40. The monoisotopic (exact) mass is 291 g/mol. The van der Waals surface area contributed by atoms with Crippen LogP contribution in [0.5, 0.6) is 0 Å². The molecule has 108 valence electrons. The second kappa shape index (κ2) is 5.93. The van der Waals surface area contributed by atoms with Crippen molar-refractivity contribution in [3.63, 3.8) is 0 Å². The van der Waals surface area contributed by atoms with E-state index in [-0.39, 0.29) is 0 Å². The van der Waals surface area contributed by atoms with Gasteiger partial charge in [0, 0.05) is 12.6 Å². The molecule has 6 heteroatoms. The third kappa shape index (κ3) is 3.02. The Labute approximate surface area is 123 Å². The topological polar surface area (TPSA) is 67.1 Å². The average molecular weight is 291 g/mol. The van der Waals surface area contributed by atoms with Crippen LogP contribution in [0.1, 0.15) is 26.2 Å². The molecule has 2 aromatic rings. The van der Waals surface area contributed by atoms with Gasteiger partial charge in [0.05, 0.1) is 5.39 Å². The number of piperidine rings is 1. The number of fused-ring (bicyclic) bond motifs is 1. The molecule has 1 atom stereocenters. The zero-order chi connectivity index (χ0) is 13.9. The maximum absolute atomic E-state index is 5.78. The number of thiophene rings is 1. The minimum Gasteiger partial charge on any atom is -0.368 e. The lowest BCUT2D eigenvalue weighted by Crippen LogP contribution is -2.38. The fraction of sp³-hybridized carbons (Fsp3) is 0.571. The molecule has 3 heterocycles. The molecule has 1 aliphatic heterocycles. The number of nitrogen functional groups attached to an aromatic ring is 1. The van der Waals surface area contributed by atoms with Crippen molar-refractivity contribution < 1.29 is 0 Å². The molecule has 0 bridgehead atoms. The molecule has 0 radical (unpaired) electrons. The molecule has 1 aliphatic rings. The highest BCUT2D eigenvalue weighted by molar-refractivity contribution is 7.16. The van der Waals surface area contributed by atoms with Gasteiger partial charge in [-0.15, -0.1) is 11.3 Å². The summed E-state index contributed by atoms with van der Waals surface area (Å²) in [6, 6.07) is 2.40. The molecule has 1 unspecified atom stereocenters. The molecule has 3 rings (SSSR count). The fourth-order valence-electron chi connectivity index (χ4n) is 2.79. The average Bonchev–Trinajstić information content (AvgIpc) is 2.88. The van der Waals surface area contributed by atoms with Gasteiger partial charge in [-0.05, 0) is 44.3 Å². The van der Waals surface area contributed by atoms with E-state index in [0.717, 1.165) is 22.6 Å². The zero-order valence-electron chi connectivity index (χ0n) is 11.8. The van der Waals surface area contributed by atoms with Crippen LogP contribution in [0.3, 0.4) is 0 Å². The summed E-state index contributed by atoms with van der Waals surface area (Å²) in [6.45, 7) is 5.68. The molecule has 0 spiro atoms. The molecule has 0 aromatic carbocycles. The summed E-state index contributed by atoms with van der Waals surface area (Å²) in [5, 5.41) is 6.58. The van der Waals surface area contributed by atoms with Gasteiger partial charge in [0.2, 0.25) is 5.95 Å². The van der Waals surface area contributed by atoms with E-state index in [2.05, 4.69) is 33.2 Å². The van der Waals surface area contributed by atoms with E-state index in [4.69, 9.17) is 5.73 Å². The molecule has 0 aliphatic carbocycles. The first-order chi connectivity index (χ1) is 9.72. The molecule has 3 N–H and O–H groups in total. The number of likely N-dealkylation sites (tertiary alicyclic amines) is 1. The Kier molecular flexibility index (Phi) is 4.03. The first-order valence-corrected chi connectivity index (χ1v) is 8.10. The third-order valence-corrected chi connectivity index (χ3v) is 4.51. The van der Waals surface area contributed by atoms with Crippen LogP contribution < -0.4 is 11.1 Å². The molecule has 2 aromatic heterocycles. The second-order valence-electron chi connectivity index (χ2n) is 5.48. The molecular weight excluding hydrogens is 270 g/mol. The highest BCUT2D eigenvalue weighted by Gasteiger charge is 2.15. The molecular formula is C14H21N5S. The number of nitrogens with two attached hydrogens (primary N) is 1. The lowest BCUT2D eigenvalue weighted by Gasteiger charge is -2.29. The first kappa shape index (κ1) is 13.6. The standard InChI is InChI=1S/C14H21N5S/c1-10(9-19-6-3-2-4-7-19)16-12-11-5-8-20-13(11)18-14(15)17-12/h5,8,10H,2-4,6-7,9H2,1H3,(H3,15,16,17,18). The number of aromatic nitrogens is 2. The van der Waals surface area contributed by atoms with Crippen LogP contribution in [-0.4, -0.2) is 40.5 Å². The van der Waals surface area contributed by atoms with Crippen LogP contribution >= 0.6 is 11.3 Å². The minimum atomic E-state index is 0.340. The summed E-state index contributed by atoms with van der Waals surface area (Å²) < 4.78 is 0. The van der Waals surface area contributed by atoms with Gasteiger partial charge in [-0.1, -0.05) is 6.42 Å². The van der Waals surface area contributed by atoms with E-state index in [1.807, 2.05) is 5.38 Å². The van der Waals surface area contributed by atoms with Crippen molar-refractivity contribution in [3.8, 4) is 0 Å². The smallest absolute Gasteiger partial charge is 0.223 e. The van der Waals surface area contributed by atoms with Crippen LogP contribution in [0.4, 0.5) is 11.8 Å². The lowest BCUT2D eigenvalue weighted by molar-refractivity contribution is 0.223. The van der Waals surface area contributed by atoms with Gasteiger partial charge in [0.1, 0.15) is 10.6 Å². The van der Waals surface area contributed by atoms with Crippen molar-refractivity contribution in [3.05, 3.63) is 11.4 Å². The molecule has 1 fully saturated rings. The number of nitrogens with zero attached hydrogens (tertiary/aromatic N) is 3. The van der Waals surface area contributed by atoms with Crippen molar-refractivity contribution in [2.24, 2.45) is 0 Å². The van der Waals surface area contributed by atoms with E-state index >= 15 is 0 Å². The molecule has 5 nitrogen and oxygen atoms in total. The normalized spacial score (nSPS) is 18.2.